The molecule has 402 valence electrons. The standard InChI is InChI=1S/C42H86N14O13/c1-25(52-42(69)37(64)33(61)18-26(58)10-8-14-45)38(65)54-30(22-48-3)40(67)56-36(28(46)11-4-5-12-43)41(68)55-31(24-57)32(60)19-27(59)20-34(62)53-29(21-47-2)39(66)51-23-35(63)50-17-9-16-49-15-7-6-13-44/h25-33,36-37,47-49,57-61,64H,4-24,43-46H2,1-3H3,(H,50,63)(H,51,66)(H,52,69)(H,53,62)(H,54,65)(H,55,68)(H,56,67). The first-order valence-electron chi connectivity index (χ1n) is 23.7. The van der Waals surface area contributed by atoms with Gasteiger partial charge in [-0.05, 0) is 98.7 Å². The Hall–Kier alpha value is -4.23. The van der Waals surface area contributed by atoms with Gasteiger partial charge in [0.1, 0.15) is 24.2 Å². The summed E-state index contributed by atoms with van der Waals surface area (Å²) in [6.45, 7) is 2.96. The molecule has 7 amide bonds. The van der Waals surface area contributed by atoms with Crippen molar-refractivity contribution in [2.75, 3.05) is 79.6 Å². The van der Waals surface area contributed by atoms with Crippen LogP contribution >= 0.6 is 0 Å². The highest BCUT2D eigenvalue weighted by Gasteiger charge is 2.35. The van der Waals surface area contributed by atoms with E-state index in [0.29, 0.717) is 58.4 Å². The first-order valence-corrected chi connectivity index (χ1v) is 23.7. The maximum atomic E-state index is 13.8. The Balaban J connectivity index is 5.58. The van der Waals surface area contributed by atoms with E-state index < -0.39 is 128 Å². The lowest BCUT2D eigenvalue weighted by Gasteiger charge is -2.30. The Labute approximate surface area is 404 Å². The van der Waals surface area contributed by atoms with Crippen molar-refractivity contribution in [3.63, 3.8) is 0 Å². The fourth-order valence-electron chi connectivity index (χ4n) is 6.70. The Morgan fingerprint density at radius 3 is 1.75 bits per heavy atom. The van der Waals surface area contributed by atoms with Crippen LogP contribution in [0, 0.1) is 0 Å². The van der Waals surface area contributed by atoms with Crippen LogP contribution in [0.25, 0.3) is 0 Å². The molecule has 0 fully saturated rings. The number of hydrogen-bond donors (Lipinski definition) is 20. The van der Waals surface area contributed by atoms with E-state index in [1.807, 2.05) is 0 Å². The molecule has 0 aromatic carbocycles. The molecule has 0 spiro atoms. The molecule has 27 heteroatoms. The van der Waals surface area contributed by atoms with E-state index in [1.165, 1.54) is 21.0 Å². The fraction of sp³-hybridized carbons (Fsp3) is 0.833. The van der Waals surface area contributed by atoms with Crippen LogP contribution in [0.1, 0.15) is 77.6 Å². The third-order valence-corrected chi connectivity index (χ3v) is 10.7. The van der Waals surface area contributed by atoms with Gasteiger partial charge in [0.25, 0.3) is 5.91 Å². The molecule has 0 aliphatic heterocycles. The maximum Gasteiger partial charge on any atom is 0.252 e. The molecule has 0 rings (SSSR count). The number of nitrogens with two attached hydrogens (primary N) is 4. The molecule has 24 N–H and O–H groups in total. The second kappa shape index (κ2) is 38.5. The Kier molecular flexibility index (Phi) is 36.2. The summed E-state index contributed by atoms with van der Waals surface area (Å²) in [7, 11) is 3.01. The highest BCUT2D eigenvalue weighted by molar-refractivity contribution is 5.95. The molecule has 0 aliphatic carbocycles. The minimum absolute atomic E-state index is 0.0293. The molecule has 0 bridgehead atoms. The summed E-state index contributed by atoms with van der Waals surface area (Å²) in [5.74, 6) is -5.76. The van der Waals surface area contributed by atoms with Crippen molar-refractivity contribution >= 4 is 41.4 Å². The SMILES string of the molecule is CNCC(NC(=O)CC(O)CC(O)C(CO)NC(=O)C(NC(=O)C(CNC)NC(=O)C(C)NC(=O)C(O)C(O)CC(O)CCCN)C(N)CCCCN)C(=O)NCC(=O)NCCCNCCCCN. The molecule has 0 aliphatic rings. The van der Waals surface area contributed by atoms with Crippen LogP contribution < -0.4 is 76.1 Å². The fourth-order valence-corrected chi connectivity index (χ4v) is 6.70. The maximum absolute atomic E-state index is 13.8. The molecule has 27 nitrogen and oxygen atoms in total. The minimum Gasteiger partial charge on any atom is -0.394 e. The van der Waals surface area contributed by atoms with Crippen LogP contribution in [0.2, 0.25) is 0 Å². The van der Waals surface area contributed by atoms with Gasteiger partial charge in [0.2, 0.25) is 35.4 Å². The second-order valence-corrected chi connectivity index (χ2v) is 16.9. The van der Waals surface area contributed by atoms with Crippen molar-refractivity contribution in [3.05, 3.63) is 0 Å². The molecule has 0 aromatic heterocycles. The third kappa shape index (κ3) is 28.9. The molecule has 0 saturated heterocycles. The number of rotatable bonds is 41. The van der Waals surface area contributed by atoms with Gasteiger partial charge in [-0.25, -0.2) is 0 Å². The van der Waals surface area contributed by atoms with E-state index in [1.54, 1.807) is 0 Å². The first kappa shape index (κ1) is 64.8. The first-order chi connectivity index (χ1) is 32.8. The number of aliphatic hydroxyl groups is 6. The van der Waals surface area contributed by atoms with Gasteiger partial charge >= 0.3 is 0 Å². The van der Waals surface area contributed by atoms with E-state index in [2.05, 4.69) is 53.2 Å². The van der Waals surface area contributed by atoms with Crippen LogP contribution in [-0.2, 0) is 33.6 Å². The molecule has 11 unspecified atom stereocenters. The minimum atomic E-state index is -2.00. The topological polar surface area (TPSA) is 465 Å². The highest BCUT2D eigenvalue weighted by atomic mass is 16.3. The molecule has 0 aromatic rings. The van der Waals surface area contributed by atoms with Crippen molar-refractivity contribution in [1.82, 2.24) is 53.2 Å². The van der Waals surface area contributed by atoms with Crippen molar-refractivity contribution < 1.29 is 64.2 Å². The summed E-state index contributed by atoms with van der Waals surface area (Å²) in [4.78, 5) is 91.2. The smallest absolute Gasteiger partial charge is 0.252 e. The highest BCUT2D eigenvalue weighted by Crippen LogP contribution is 2.11. The molecule has 11 atom stereocenters. The number of hydrogen-bond acceptors (Lipinski definition) is 20. The molecular weight excluding hydrogens is 909 g/mol. The predicted molar refractivity (Wildman–Crippen MR) is 255 cm³/mol. The van der Waals surface area contributed by atoms with Crippen LogP contribution in [0.3, 0.4) is 0 Å². The molecule has 0 radical (unpaired) electrons. The van der Waals surface area contributed by atoms with Crippen molar-refractivity contribution in [2.24, 2.45) is 22.9 Å². The van der Waals surface area contributed by atoms with Gasteiger partial charge in [0.15, 0.2) is 6.10 Å². The van der Waals surface area contributed by atoms with Gasteiger partial charge in [-0.15, -0.1) is 0 Å². The summed E-state index contributed by atoms with van der Waals surface area (Å²) < 4.78 is 0. The van der Waals surface area contributed by atoms with E-state index in [-0.39, 0.29) is 38.9 Å². The lowest BCUT2D eigenvalue weighted by Crippen LogP contribution is -2.63. The van der Waals surface area contributed by atoms with Crippen LogP contribution in [-0.4, -0.2) is 218 Å². The van der Waals surface area contributed by atoms with Crippen LogP contribution in [0.15, 0.2) is 0 Å². The lowest BCUT2D eigenvalue weighted by atomic mass is 9.99. The molecule has 0 saturated carbocycles. The largest absolute Gasteiger partial charge is 0.394 e. The average Bonchev–Trinajstić information content (AvgIpc) is 3.30. The Morgan fingerprint density at radius 1 is 0.551 bits per heavy atom. The number of amides is 7. The van der Waals surface area contributed by atoms with E-state index in [4.69, 9.17) is 22.9 Å². The van der Waals surface area contributed by atoms with Crippen molar-refractivity contribution in [1.29, 1.82) is 0 Å². The summed E-state index contributed by atoms with van der Waals surface area (Å²) >= 11 is 0. The monoisotopic (exact) mass is 995 g/mol. The normalized spacial score (nSPS) is 16.2. The molecule has 0 heterocycles. The van der Waals surface area contributed by atoms with E-state index in [0.717, 1.165) is 19.4 Å². The van der Waals surface area contributed by atoms with Gasteiger partial charge in [0.05, 0.1) is 50.0 Å². The van der Waals surface area contributed by atoms with Crippen LogP contribution in [0.4, 0.5) is 0 Å². The summed E-state index contributed by atoms with van der Waals surface area (Å²) in [6.07, 6.45) is -4.98. The van der Waals surface area contributed by atoms with Gasteiger partial charge in [0, 0.05) is 38.5 Å². The number of likely N-dealkylation sites (N-methyl/N-ethyl adjacent to an activating group) is 2. The number of carbonyl (C=O) groups is 7. The quantitative estimate of drug-likeness (QED) is 0.0253. The number of carbonyl (C=O) groups excluding carboxylic acids is 7. The van der Waals surface area contributed by atoms with Crippen LogP contribution in [0.5, 0.6) is 0 Å². The van der Waals surface area contributed by atoms with Crippen molar-refractivity contribution in [3.8, 4) is 0 Å². The van der Waals surface area contributed by atoms with Crippen molar-refractivity contribution in [2.45, 2.75) is 144 Å². The van der Waals surface area contributed by atoms with Gasteiger partial charge in [-0.1, -0.05) is 6.42 Å². The van der Waals surface area contributed by atoms with Gasteiger partial charge in [-0.2, -0.15) is 0 Å². The second-order valence-electron chi connectivity index (χ2n) is 16.9. The Bertz CT molecular complexity index is 1490. The molecule has 69 heavy (non-hydrogen) atoms. The number of nitrogens with one attached hydrogen (secondary N) is 10. The summed E-state index contributed by atoms with van der Waals surface area (Å²) in [5.41, 5.74) is 22.9. The zero-order chi connectivity index (χ0) is 52.3. The summed E-state index contributed by atoms with van der Waals surface area (Å²) in [5, 5.41) is 88.4. The Morgan fingerprint density at radius 2 is 1.14 bits per heavy atom. The van der Waals surface area contributed by atoms with Gasteiger partial charge < -0.3 is 107 Å². The third-order valence-electron chi connectivity index (χ3n) is 10.7. The zero-order valence-corrected chi connectivity index (χ0v) is 40.6. The zero-order valence-electron chi connectivity index (χ0n) is 40.6. The number of aliphatic hydroxyl groups excluding tert-OH is 6. The summed E-state index contributed by atoms with van der Waals surface area (Å²) in [6, 6.07) is -7.88. The predicted octanol–water partition coefficient (Wildman–Crippen LogP) is -9.02. The number of unbranched alkanes of at least 4 members (excludes halogenated alkanes) is 2. The van der Waals surface area contributed by atoms with E-state index in [9.17, 15) is 64.2 Å². The lowest BCUT2D eigenvalue weighted by molar-refractivity contribution is -0.140. The molecular formula is C42H86N14O13. The average molecular weight is 995 g/mol. The van der Waals surface area contributed by atoms with E-state index >= 15 is 0 Å². The van der Waals surface area contributed by atoms with Gasteiger partial charge in [-0.3, -0.25) is 33.6 Å².